The van der Waals surface area contributed by atoms with Crippen molar-refractivity contribution in [2.75, 3.05) is 5.32 Å². The zero-order valence-electron chi connectivity index (χ0n) is 10.5. The van der Waals surface area contributed by atoms with E-state index in [1.165, 1.54) is 0 Å². The second-order valence-corrected chi connectivity index (χ2v) is 3.74. The number of hydrogen-bond acceptors (Lipinski definition) is 6. The fourth-order valence-corrected chi connectivity index (χ4v) is 1.37. The molecule has 7 heteroatoms. The normalized spacial score (nSPS) is 11.2. The molecule has 0 saturated carbocycles. The van der Waals surface area contributed by atoms with Gasteiger partial charge in [-0.05, 0) is 31.1 Å². The molecule has 1 heterocycles. The van der Waals surface area contributed by atoms with Gasteiger partial charge in [-0.2, -0.15) is 0 Å². The van der Waals surface area contributed by atoms with Crippen LogP contribution in [0.25, 0.3) is 0 Å². The van der Waals surface area contributed by atoms with E-state index in [1.54, 1.807) is 38.1 Å². The molecule has 1 amide bonds. The molecule has 0 spiro atoms. The first-order valence-electron chi connectivity index (χ1n) is 5.54. The van der Waals surface area contributed by atoms with Crippen molar-refractivity contribution in [1.29, 1.82) is 0 Å². The molecule has 0 unspecified atom stereocenters. The van der Waals surface area contributed by atoms with Crippen LogP contribution in [-0.2, 0) is 4.84 Å². The highest BCUT2D eigenvalue weighted by Gasteiger charge is 2.10. The quantitative estimate of drug-likeness (QED) is 0.519. The molecule has 1 aromatic heterocycles. The SMILES string of the molecule is CC(=NOC(=O)Nc1ccccc1)c1nonc1C. The lowest BCUT2D eigenvalue weighted by atomic mass is 10.2. The smallest absolute Gasteiger partial charge is 0.297 e. The number of nitrogens with one attached hydrogen (secondary N) is 1. The van der Waals surface area contributed by atoms with Gasteiger partial charge in [0.2, 0.25) is 0 Å². The molecule has 0 aliphatic heterocycles. The Labute approximate surface area is 109 Å². The number of amides is 1. The Balaban J connectivity index is 1.95. The molecule has 0 bridgehead atoms. The van der Waals surface area contributed by atoms with Gasteiger partial charge in [0.25, 0.3) is 0 Å². The zero-order chi connectivity index (χ0) is 13.7. The first-order chi connectivity index (χ1) is 9.16. The van der Waals surface area contributed by atoms with E-state index in [4.69, 9.17) is 4.84 Å². The second-order valence-electron chi connectivity index (χ2n) is 3.74. The van der Waals surface area contributed by atoms with Crippen LogP contribution in [-0.4, -0.2) is 22.1 Å². The number of benzene rings is 1. The number of hydrogen-bond donors (Lipinski definition) is 1. The molecule has 0 atom stereocenters. The van der Waals surface area contributed by atoms with Crippen LogP contribution in [0.15, 0.2) is 40.1 Å². The van der Waals surface area contributed by atoms with Crippen molar-refractivity contribution in [3.05, 3.63) is 41.7 Å². The van der Waals surface area contributed by atoms with Gasteiger partial charge in [0.05, 0.1) is 0 Å². The van der Waals surface area contributed by atoms with E-state index in [-0.39, 0.29) is 0 Å². The third-order valence-corrected chi connectivity index (χ3v) is 2.28. The molecule has 1 N–H and O–H groups in total. The molecule has 19 heavy (non-hydrogen) atoms. The first-order valence-corrected chi connectivity index (χ1v) is 5.54. The highest BCUT2D eigenvalue weighted by molar-refractivity contribution is 5.97. The van der Waals surface area contributed by atoms with Gasteiger partial charge in [-0.1, -0.05) is 28.5 Å². The van der Waals surface area contributed by atoms with Gasteiger partial charge < -0.3 is 0 Å². The maximum atomic E-state index is 11.5. The van der Waals surface area contributed by atoms with Crippen LogP contribution in [0.5, 0.6) is 0 Å². The Bertz CT molecular complexity index is 592. The molecular formula is C12H12N4O3. The summed E-state index contributed by atoms with van der Waals surface area (Å²) in [5.74, 6) is 0. The number of nitrogens with zero attached hydrogens (tertiary/aromatic N) is 3. The molecule has 7 nitrogen and oxygen atoms in total. The number of carbonyl (C=O) groups is 1. The summed E-state index contributed by atoms with van der Waals surface area (Å²) in [5, 5.41) is 13.5. The van der Waals surface area contributed by atoms with Crippen molar-refractivity contribution in [3.8, 4) is 0 Å². The van der Waals surface area contributed by atoms with Crippen LogP contribution < -0.4 is 5.32 Å². The largest absolute Gasteiger partial charge is 0.437 e. The Hall–Kier alpha value is -2.70. The Kier molecular flexibility index (Phi) is 3.87. The van der Waals surface area contributed by atoms with Gasteiger partial charge in [0.15, 0.2) is 5.69 Å². The predicted octanol–water partition coefficient (Wildman–Crippen LogP) is 2.35. The molecule has 0 radical (unpaired) electrons. The fraction of sp³-hybridized carbons (Fsp3) is 0.167. The van der Waals surface area contributed by atoms with Crippen LogP contribution in [0.2, 0.25) is 0 Å². The van der Waals surface area contributed by atoms with E-state index < -0.39 is 6.09 Å². The number of para-hydroxylation sites is 1. The van der Waals surface area contributed by atoms with Crippen molar-refractivity contribution in [3.63, 3.8) is 0 Å². The van der Waals surface area contributed by atoms with Gasteiger partial charge in [-0.15, -0.1) is 0 Å². The summed E-state index contributed by atoms with van der Waals surface area (Å²) in [4.78, 5) is 16.2. The first kappa shape index (κ1) is 12.7. The summed E-state index contributed by atoms with van der Waals surface area (Å²) < 4.78 is 4.53. The number of rotatable bonds is 3. The van der Waals surface area contributed by atoms with Crippen LogP contribution in [0, 0.1) is 6.92 Å². The van der Waals surface area contributed by atoms with Crippen LogP contribution in [0.1, 0.15) is 18.3 Å². The lowest BCUT2D eigenvalue weighted by molar-refractivity contribution is 0.166. The molecule has 2 aromatic rings. The lowest BCUT2D eigenvalue weighted by Gasteiger charge is -2.02. The summed E-state index contributed by atoms with van der Waals surface area (Å²) in [7, 11) is 0. The molecule has 2 rings (SSSR count). The lowest BCUT2D eigenvalue weighted by Crippen LogP contribution is -2.12. The third-order valence-electron chi connectivity index (χ3n) is 2.28. The molecular weight excluding hydrogens is 248 g/mol. The maximum absolute atomic E-state index is 11.5. The number of aryl methyl sites for hydroxylation is 1. The average molecular weight is 260 g/mol. The van der Waals surface area contributed by atoms with E-state index in [9.17, 15) is 4.79 Å². The second kappa shape index (κ2) is 5.76. The minimum absolute atomic E-state index is 0.405. The average Bonchev–Trinajstić information content (AvgIpc) is 2.83. The Morgan fingerprint density at radius 1 is 1.32 bits per heavy atom. The molecule has 0 fully saturated rings. The summed E-state index contributed by atoms with van der Waals surface area (Å²) in [6.07, 6.45) is -0.681. The van der Waals surface area contributed by atoms with Crippen LogP contribution in [0.3, 0.4) is 0 Å². The molecule has 98 valence electrons. The topological polar surface area (TPSA) is 89.6 Å². The number of anilines is 1. The van der Waals surface area contributed by atoms with E-state index >= 15 is 0 Å². The van der Waals surface area contributed by atoms with Crippen molar-refractivity contribution in [1.82, 2.24) is 10.3 Å². The monoisotopic (exact) mass is 260 g/mol. The van der Waals surface area contributed by atoms with Gasteiger partial charge in [-0.25, -0.2) is 9.42 Å². The van der Waals surface area contributed by atoms with Crippen molar-refractivity contribution in [2.45, 2.75) is 13.8 Å². The summed E-state index contributed by atoms with van der Waals surface area (Å²) in [6, 6.07) is 8.93. The van der Waals surface area contributed by atoms with Crippen LogP contribution in [0.4, 0.5) is 10.5 Å². The van der Waals surface area contributed by atoms with E-state index in [0.717, 1.165) is 0 Å². The summed E-state index contributed by atoms with van der Waals surface area (Å²) in [6.45, 7) is 3.36. The Morgan fingerprint density at radius 2 is 2.05 bits per heavy atom. The molecule has 0 saturated heterocycles. The number of carbonyl (C=O) groups excluding carboxylic acids is 1. The van der Waals surface area contributed by atoms with Crippen molar-refractivity contribution in [2.24, 2.45) is 5.16 Å². The van der Waals surface area contributed by atoms with Crippen molar-refractivity contribution < 1.29 is 14.3 Å². The predicted molar refractivity (Wildman–Crippen MR) is 67.8 cm³/mol. The Morgan fingerprint density at radius 3 is 2.68 bits per heavy atom. The third kappa shape index (κ3) is 3.38. The maximum Gasteiger partial charge on any atom is 0.437 e. The minimum Gasteiger partial charge on any atom is -0.297 e. The number of oxime groups is 1. The molecule has 1 aromatic carbocycles. The molecule has 0 aliphatic carbocycles. The van der Waals surface area contributed by atoms with Gasteiger partial charge >= 0.3 is 6.09 Å². The van der Waals surface area contributed by atoms with E-state index in [0.29, 0.717) is 22.8 Å². The van der Waals surface area contributed by atoms with E-state index in [2.05, 4.69) is 25.4 Å². The fourth-order valence-electron chi connectivity index (χ4n) is 1.37. The standard InChI is InChI=1S/C12H12N4O3/c1-8(11-9(2)15-19-16-11)14-18-12(17)13-10-6-4-3-5-7-10/h3-7H,1-2H3,(H,13,17). The summed E-state index contributed by atoms with van der Waals surface area (Å²) in [5.41, 5.74) is 2.06. The van der Waals surface area contributed by atoms with Gasteiger partial charge in [0.1, 0.15) is 11.4 Å². The molecule has 0 aliphatic rings. The highest BCUT2D eigenvalue weighted by Crippen LogP contribution is 2.06. The zero-order valence-corrected chi connectivity index (χ0v) is 10.5. The van der Waals surface area contributed by atoms with Crippen LogP contribution >= 0.6 is 0 Å². The minimum atomic E-state index is -0.681. The van der Waals surface area contributed by atoms with E-state index in [1.807, 2.05) is 6.07 Å². The number of aromatic nitrogens is 2. The van der Waals surface area contributed by atoms with Gasteiger partial charge in [0, 0.05) is 5.69 Å². The van der Waals surface area contributed by atoms with Gasteiger partial charge in [-0.3, -0.25) is 10.2 Å². The highest BCUT2D eigenvalue weighted by atomic mass is 16.7. The summed E-state index contributed by atoms with van der Waals surface area (Å²) >= 11 is 0. The van der Waals surface area contributed by atoms with Crippen molar-refractivity contribution >= 4 is 17.5 Å².